The molecule has 0 aliphatic rings. The van der Waals surface area contributed by atoms with Gasteiger partial charge in [-0.15, -0.1) is 0 Å². The van der Waals surface area contributed by atoms with E-state index in [4.69, 9.17) is 9.47 Å². The van der Waals surface area contributed by atoms with Gasteiger partial charge in [0, 0.05) is 13.2 Å². The van der Waals surface area contributed by atoms with Gasteiger partial charge in [-0.1, -0.05) is 34.6 Å². The van der Waals surface area contributed by atoms with Crippen molar-refractivity contribution in [2.45, 2.75) is 66.5 Å². The maximum atomic E-state index is 5.95. The van der Waals surface area contributed by atoms with Crippen LogP contribution < -0.4 is 5.32 Å². The zero-order chi connectivity index (χ0) is 14.0. The molecule has 2 unspecified atom stereocenters. The van der Waals surface area contributed by atoms with E-state index in [1.165, 1.54) is 0 Å². The van der Waals surface area contributed by atoms with Crippen LogP contribution in [0.2, 0.25) is 0 Å². The Kier molecular flexibility index (Phi) is 9.70. The second-order valence-corrected chi connectivity index (χ2v) is 5.88. The Morgan fingerprint density at radius 1 is 1.06 bits per heavy atom. The molecule has 0 amide bonds. The average Bonchev–Trinajstić information content (AvgIpc) is 2.30. The molecule has 0 aromatic heterocycles. The standard InChI is InChI=1S/C15H33NO2/c1-7-10-16-13(12-17-11-8-2)14(18-9-3)15(4,5)6/h13-14,16H,7-12H2,1-6H3. The topological polar surface area (TPSA) is 30.5 Å². The van der Waals surface area contributed by atoms with Crippen molar-refractivity contribution in [3.63, 3.8) is 0 Å². The fourth-order valence-electron chi connectivity index (χ4n) is 2.09. The average molecular weight is 259 g/mol. The number of nitrogens with one attached hydrogen (secondary N) is 1. The molecule has 0 aliphatic heterocycles. The minimum absolute atomic E-state index is 0.122. The van der Waals surface area contributed by atoms with Gasteiger partial charge < -0.3 is 14.8 Å². The highest BCUT2D eigenvalue weighted by Crippen LogP contribution is 2.25. The van der Waals surface area contributed by atoms with Crippen molar-refractivity contribution in [3.05, 3.63) is 0 Å². The van der Waals surface area contributed by atoms with E-state index in [1.54, 1.807) is 0 Å². The van der Waals surface area contributed by atoms with E-state index in [1.807, 2.05) is 0 Å². The van der Waals surface area contributed by atoms with Crippen LogP contribution in [0.3, 0.4) is 0 Å². The molecule has 110 valence electrons. The Balaban J connectivity index is 4.52. The largest absolute Gasteiger partial charge is 0.380 e. The molecule has 0 heterocycles. The van der Waals surface area contributed by atoms with E-state index >= 15 is 0 Å². The van der Waals surface area contributed by atoms with Gasteiger partial charge in [-0.25, -0.2) is 0 Å². The van der Waals surface area contributed by atoms with Crippen LogP contribution in [0.5, 0.6) is 0 Å². The molecule has 0 radical (unpaired) electrons. The SMILES string of the molecule is CCCNC(COCCC)C(OCC)C(C)(C)C. The minimum Gasteiger partial charge on any atom is -0.380 e. The second kappa shape index (κ2) is 9.76. The molecule has 2 atom stereocenters. The lowest BCUT2D eigenvalue weighted by atomic mass is 9.84. The zero-order valence-electron chi connectivity index (χ0n) is 13.2. The minimum atomic E-state index is 0.122. The summed E-state index contributed by atoms with van der Waals surface area (Å²) >= 11 is 0. The summed E-state index contributed by atoms with van der Waals surface area (Å²) in [7, 11) is 0. The Labute approximate surface area is 114 Å². The van der Waals surface area contributed by atoms with Gasteiger partial charge in [-0.3, -0.25) is 0 Å². The Morgan fingerprint density at radius 3 is 2.17 bits per heavy atom. The molecule has 0 bridgehead atoms. The van der Waals surface area contributed by atoms with Gasteiger partial charge in [0.15, 0.2) is 0 Å². The highest BCUT2D eigenvalue weighted by Gasteiger charge is 2.32. The number of rotatable bonds is 10. The molecule has 0 aromatic carbocycles. The van der Waals surface area contributed by atoms with Crippen molar-refractivity contribution in [2.75, 3.05) is 26.4 Å². The summed E-state index contributed by atoms with van der Waals surface area (Å²) in [4.78, 5) is 0. The molecule has 0 saturated carbocycles. The molecule has 3 heteroatoms. The molecule has 1 N–H and O–H groups in total. The quantitative estimate of drug-likeness (QED) is 0.611. The van der Waals surface area contributed by atoms with Crippen molar-refractivity contribution in [2.24, 2.45) is 5.41 Å². The van der Waals surface area contributed by atoms with E-state index in [2.05, 4.69) is 46.9 Å². The lowest BCUT2D eigenvalue weighted by Gasteiger charge is -2.37. The first kappa shape index (κ1) is 17.9. The smallest absolute Gasteiger partial charge is 0.0798 e. The first-order chi connectivity index (χ1) is 8.47. The molecule has 0 spiro atoms. The predicted octanol–water partition coefficient (Wildman–Crippen LogP) is 3.23. The molecular formula is C15H33NO2. The first-order valence-electron chi connectivity index (χ1n) is 7.40. The number of hydrogen-bond donors (Lipinski definition) is 1. The van der Waals surface area contributed by atoms with Crippen LogP contribution in [-0.4, -0.2) is 38.5 Å². The Morgan fingerprint density at radius 2 is 1.72 bits per heavy atom. The molecule has 18 heavy (non-hydrogen) atoms. The van der Waals surface area contributed by atoms with Gasteiger partial charge in [0.05, 0.1) is 18.8 Å². The van der Waals surface area contributed by atoms with Crippen LogP contribution in [0.1, 0.15) is 54.4 Å². The van der Waals surface area contributed by atoms with Crippen LogP contribution in [0, 0.1) is 5.41 Å². The van der Waals surface area contributed by atoms with Crippen molar-refractivity contribution in [1.82, 2.24) is 5.32 Å². The number of hydrogen-bond acceptors (Lipinski definition) is 3. The predicted molar refractivity (Wildman–Crippen MR) is 78.1 cm³/mol. The monoisotopic (exact) mass is 259 g/mol. The summed E-state index contributed by atoms with van der Waals surface area (Å²) in [6.45, 7) is 16.4. The van der Waals surface area contributed by atoms with Crippen molar-refractivity contribution in [1.29, 1.82) is 0 Å². The van der Waals surface area contributed by atoms with Crippen molar-refractivity contribution < 1.29 is 9.47 Å². The lowest BCUT2D eigenvalue weighted by molar-refractivity contribution is -0.0556. The Bertz CT molecular complexity index is 189. The normalized spacial score (nSPS) is 15.7. The summed E-state index contributed by atoms with van der Waals surface area (Å²) in [5.74, 6) is 0. The summed E-state index contributed by atoms with van der Waals surface area (Å²) in [6, 6.07) is 0.274. The van der Waals surface area contributed by atoms with E-state index in [0.29, 0.717) is 0 Å². The summed E-state index contributed by atoms with van der Waals surface area (Å²) in [5.41, 5.74) is 0.122. The third-order valence-electron chi connectivity index (χ3n) is 2.87. The van der Waals surface area contributed by atoms with E-state index < -0.39 is 0 Å². The van der Waals surface area contributed by atoms with Crippen LogP contribution in [0.15, 0.2) is 0 Å². The molecule has 0 aromatic rings. The van der Waals surface area contributed by atoms with Crippen LogP contribution in [-0.2, 0) is 9.47 Å². The van der Waals surface area contributed by atoms with Gasteiger partial charge >= 0.3 is 0 Å². The molecule has 0 saturated heterocycles. The maximum absolute atomic E-state index is 5.95. The van der Waals surface area contributed by atoms with Gasteiger partial charge in [-0.2, -0.15) is 0 Å². The van der Waals surface area contributed by atoms with Crippen molar-refractivity contribution in [3.8, 4) is 0 Å². The summed E-state index contributed by atoms with van der Waals surface area (Å²) in [5, 5.41) is 3.57. The highest BCUT2D eigenvalue weighted by atomic mass is 16.5. The highest BCUT2D eigenvalue weighted by molar-refractivity contribution is 4.86. The summed E-state index contributed by atoms with van der Waals surface area (Å²) in [6.07, 6.45) is 2.38. The first-order valence-corrected chi connectivity index (χ1v) is 7.40. The maximum Gasteiger partial charge on any atom is 0.0798 e. The molecule has 0 fully saturated rings. The van der Waals surface area contributed by atoms with Crippen LogP contribution in [0.4, 0.5) is 0 Å². The third-order valence-corrected chi connectivity index (χ3v) is 2.87. The van der Waals surface area contributed by atoms with Crippen LogP contribution >= 0.6 is 0 Å². The lowest BCUT2D eigenvalue weighted by Crippen LogP contribution is -2.51. The van der Waals surface area contributed by atoms with Gasteiger partial charge in [-0.05, 0) is 31.7 Å². The fourth-order valence-corrected chi connectivity index (χ4v) is 2.09. The van der Waals surface area contributed by atoms with E-state index in [0.717, 1.165) is 39.2 Å². The van der Waals surface area contributed by atoms with Gasteiger partial charge in [0.2, 0.25) is 0 Å². The van der Waals surface area contributed by atoms with Gasteiger partial charge in [0.25, 0.3) is 0 Å². The van der Waals surface area contributed by atoms with Crippen molar-refractivity contribution >= 4 is 0 Å². The van der Waals surface area contributed by atoms with E-state index in [9.17, 15) is 0 Å². The second-order valence-electron chi connectivity index (χ2n) is 5.88. The zero-order valence-corrected chi connectivity index (χ0v) is 13.2. The molecular weight excluding hydrogens is 226 g/mol. The fraction of sp³-hybridized carbons (Fsp3) is 1.00. The van der Waals surface area contributed by atoms with Crippen LogP contribution in [0.25, 0.3) is 0 Å². The number of ether oxygens (including phenoxy) is 2. The van der Waals surface area contributed by atoms with Gasteiger partial charge in [0.1, 0.15) is 0 Å². The molecule has 3 nitrogen and oxygen atoms in total. The van der Waals surface area contributed by atoms with E-state index in [-0.39, 0.29) is 17.6 Å². The third kappa shape index (κ3) is 7.34. The Hall–Kier alpha value is -0.120. The summed E-state index contributed by atoms with van der Waals surface area (Å²) < 4.78 is 11.7. The molecule has 0 rings (SSSR count). The molecule has 0 aliphatic carbocycles.